The lowest BCUT2D eigenvalue weighted by Gasteiger charge is -1.97. The van der Waals surface area contributed by atoms with Crippen LogP contribution in [0.25, 0.3) is 0 Å². The van der Waals surface area contributed by atoms with Crippen molar-refractivity contribution in [3.05, 3.63) is 35.7 Å². The van der Waals surface area contributed by atoms with Crippen LogP contribution in [0.15, 0.2) is 34.3 Å². The van der Waals surface area contributed by atoms with Crippen molar-refractivity contribution >= 4 is 17.7 Å². The summed E-state index contributed by atoms with van der Waals surface area (Å²) in [7, 11) is 0. The summed E-state index contributed by atoms with van der Waals surface area (Å²) in [6.07, 6.45) is 0. The highest BCUT2D eigenvalue weighted by molar-refractivity contribution is 7.99. The maximum Gasteiger partial charge on any atom is 0.335 e. The summed E-state index contributed by atoms with van der Waals surface area (Å²) in [4.78, 5) is 15.7. The zero-order chi connectivity index (χ0) is 11.5. The number of H-pyrrole nitrogens is 1. The van der Waals surface area contributed by atoms with Gasteiger partial charge in [-0.15, -0.1) is 5.10 Å². The summed E-state index contributed by atoms with van der Waals surface area (Å²) in [5, 5.41) is 16.1. The first-order chi connectivity index (χ1) is 7.65. The number of carboxylic acids is 1. The van der Waals surface area contributed by atoms with Crippen molar-refractivity contribution in [3.8, 4) is 0 Å². The van der Waals surface area contributed by atoms with E-state index >= 15 is 0 Å². The molecule has 0 unspecified atom stereocenters. The van der Waals surface area contributed by atoms with Gasteiger partial charge in [-0.05, 0) is 43.0 Å². The molecule has 0 atom stereocenters. The van der Waals surface area contributed by atoms with Crippen LogP contribution in [0.5, 0.6) is 0 Å². The van der Waals surface area contributed by atoms with Gasteiger partial charge in [0.15, 0.2) is 0 Å². The smallest absolute Gasteiger partial charge is 0.335 e. The Labute approximate surface area is 95.9 Å². The van der Waals surface area contributed by atoms with E-state index in [0.29, 0.717) is 5.16 Å². The van der Waals surface area contributed by atoms with E-state index in [1.165, 1.54) is 11.8 Å². The zero-order valence-electron chi connectivity index (χ0n) is 8.47. The summed E-state index contributed by atoms with van der Waals surface area (Å²) < 4.78 is 0. The van der Waals surface area contributed by atoms with E-state index in [0.717, 1.165) is 10.7 Å². The van der Waals surface area contributed by atoms with Crippen molar-refractivity contribution in [3.63, 3.8) is 0 Å². The molecule has 5 nitrogen and oxygen atoms in total. The lowest BCUT2D eigenvalue weighted by molar-refractivity contribution is 0.0697. The predicted octanol–water partition coefficient (Wildman–Crippen LogP) is 1.96. The molecule has 0 amide bonds. The van der Waals surface area contributed by atoms with Gasteiger partial charge in [0.25, 0.3) is 0 Å². The molecule has 1 aromatic heterocycles. The molecular weight excluding hydrogens is 226 g/mol. The molecule has 0 radical (unpaired) electrons. The van der Waals surface area contributed by atoms with Crippen LogP contribution in [0.1, 0.15) is 16.2 Å². The van der Waals surface area contributed by atoms with Crippen LogP contribution in [0.4, 0.5) is 0 Å². The van der Waals surface area contributed by atoms with Gasteiger partial charge >= 0.3 is 5.97 Å². The number of carboxylic acid groups (broad SMARTS) is 1. The largest absolute Gasteiger partial charge is 0.478 e. The van der Waals surface area contributed by atoms with E-state index in [1.54, 1.807) is 24.3 Å². The van der Waals surface area contributed by atoms with Gasteiger partial charge in [-0.1, -0.05) is 0 Å². The number of aromatic amines is 1. The topological polar surface area (TPSA) is 78.9 Å². The quantitative estimate of drug-likeness (QED) is 0.850. The number of aromatic nitrogens is 3. The number of rotatable bonds is 3. The van der Waals surface area contributed by atoms with Crippen LogP contribution in [0.2, 0.25) is 0 Å². The average molecular weight is 235 g/mol. The van der Waals surface area contributed by atoms with E-state index in [4.69, 9.17) is 5.11 Å². The number of hydrogen-bond donors (Lipinski definition) is 2. The number of nitrogens with one attached hydrogen (secondary N) is 1. The number of carbonyl (C=O) groups is 1. The van der Waals surface area contributed by atoms with Crippen molar-refractivity contribution in [2.24, 2.45) is 0 Å². The van der Waals surface area contributed by atoms with E-state index in [2.05, 4.69) is 15.2 Å². The summed E-state index contributed by atoms with van der Waals surface area (Å²) in [5.41, 5.74) is 0.274. The molecule has 0 spiro atoms. The predicted molar refractivity (Wildman–Crippen MR) is 58.6 cm³/mol. The molecule has 0 saturated heterocycles. The molecule has 2 N–H and O–H groups in total. The molecule has 1 heterocycles. The molecule has 1 aromatic carbocycles. The van der Waals surface area contributed by atoms with Crippen molar-refractivity contribution in [1.29, 1.82) is 0 Å². The fraction of sp³-hybridized carbons (Fsp3) is 0.100. The van der Waals surface area contributed by atoms with Gasteiger partial charge in [-0.25, -0.2) is 9.78 Å². The highest BCUT2D eigenvalue weighted by Crippen LogP contribution is 2.24. The minimum Gasteiger partial charge on any atom is -0.478 e. The van der Waals surface area contributed by atoms with Crippen molar-refractivity contribution in [2.45, 2.75) is 17.0 Å². The van der Waals surface area contributed by atoms with Crippen LogP contribution in [-0.4, -0.2) is 26.3 Å². The Bertz CT molecular complexity index is 507. The van der Waals surface area contributed by atoms with E-state index in [9.17, 15) is 4.79 Å². The van der Waals surface area contributed by atoms with Gasteiger partial charge in [-0.3, -0.25) is 5.10 Å². The molecule has 16 heavy (non-hydrogen) atoms. The molecule has 0 saturated carbocycles. The first kappa shape index (κ1) is 10.7. The standard InChI is InChI=1S/C10H9N3O2S/c1-6-11-10(13-12-6)16-8-4-2-7(3-5-8)9(14)15/h2-5H,1H3,(H,14,15)(H,11,12,13). The molecule has 0 aliphatic heterocycles. The minimum atomic E-state index is -0.926. The third-order valence-electron chi connectivity index (χ3n) is 1.89. The average Bonchev–Trinajstić information content (AvgIpc) is 2.65. The van der Waals surface area contributed by atoms with Gasteiger partial charge in [-0.2, -0.15) is 0 Å². The number of aryl methyl sites for hydroxylation is 1. The molecule has 82 valence electrons. The summed E-state index contributed by atoms with van der Waals surface area (Å²) in [6.45, 7) is 1.82. The zero-order valence-corrected chi connectivity index (χ0v) is 9.28. The fourth-order valence-electron chi connectivity index (χ4n) is 1.14. The molecule has 6 heteroatoms. The third kappa shape index (κ3) is 2.40. The highest BCUT2D eigenvalue weighted by Gasteiger charge is 2.05. The minimum absolute atomic E-state index is 0.274. The Morgan fingerprint density at radius 3 is 2.56 bits per heavy atom. The van der Waals surface area contributed by atoms with Crippen LogP contribution in [0, 0.1) is 6.92 Å². The highest BCUT2D eigenvalue weighted by atomic mass is 32.2. The number of aromatic carboxylic acids is 1. The fourth-order valence-corrected chi connectivity index (χ4v) is 1.90. The number of hydrogen-bond acceptors (Lipinski definition) is 4. The van der Waals surface area contributed by atoms with Crippen molar-refractivity contribution < 1.29 is 9.90 Å². The van der Waals surface area contributed by atoms with Gasteiger partial charge in [0.1, 0.15) is 5.82 Å². The molecule has 2 rings (SSSR count). The normalized spacial score (nSPS) is 10.3. The van der Waals surface area contributed by atoms with E-state index < -0.39 is 5.97 Å². The van der Waals surface area contributed by atoms with Crippen molar-refractivity contribution in [2.75, 3.05) is 0 Å². The van der Waals surface area contributed by atoms with Crippen LogP contribution in [-0.2, 0) is 0 Å². The number of benzene rings is 1. The van der Waals surface area contributed by atoms with Gasteiger partial charge in [0.05, 0.1) is 5.56 Å². The maximum absolute atomic E-state index is 10.6. The van der Waals surface area contributed by atoms with Crippen LogP contribution >= 0.6 is 11.8 Å². The lowest BCUT2D eigenvalue weighted by atomic mass is 10.2. The van der Waals surface area contributed by atoms with E-state index in [1.807, 2.05) is 6.92 Å². The second-order valence-corrected chi connectivity index (χ2v) is 4.18. The Kier molecular flexibility index (Phi) is 2.91. The summed E-state index contributed by atoms with van der Waals surface area (Å²) in [6, 6.07) is 6.59. The first-order valence-corrected chi connectivity index (χ1v) is 5.37. The molecule has 0 fully saturated rings. The summed E-state index contributed by atoms with van der Waals surface area (Å²) in [5.74, 6) is -0.171. The Hall–Kier alpha value is -1.82. The monoisotopic (exact) mass is 235 g/mol. The van der Waals surface area contributed by atoms with Gasteiger partial charge in [0.2, 0.25) is 5.16 Å². The SMILES string of the molecule is Cc1nc(Sc2ccc(C(=O)O)cc2)n[nH]1. The first-order valence-electron chi connectivity index (χ1n) is 4.55. The van der Waals surface area contributed by atoms with Crippen molar-refractivity contribution in [1.82, 2.24) is 15.2 Å². The second kappa shape index (κ2) is 4.36. The molecule has 2 aromatic rings. The van der Waals surface area contributed by atoms with Gasteiger partial charge in [0, 0.05) is 4.90 Å². The Balaban J connectivity index is 2.14. The molecule has 0 bridgehead atoms. The second-order valence-electron chi connectivity index (χ2n) is 3.13. The van der Waals surface area contributed by atoms with Crippen LogP contribution in [0.3, 0.4) is 0 Å². The lowest BCUT2D eigenvalue weighted by Crippen LogP contribution is -1.94. The third-order valence-corrected chi connectivity index (χ3v) is 2.76. The Morgan fingerprint density at radius 1 is 1.38 bits per heavy atom. The molecular formula is C10H9N3O2S. The van der Waals surface area contributed by atoms with Crippen LogP contribution < -0.4 is 0 Å². The Morgan fingerprint density at radius 2 is 2.06 bits per heavy atom. The molecule has 0 aliphatic rings. The molecule has 0 aliphatic carbocycles. The van der Waals surface area contributed by atoms with E-state index in [-0.39, 0.29) is 5.56 Å². The van der Waals surface area contributed by atoms with Gasteiger partial charge < -0.3 is 5.11 Å². The number of nitrogens with zero attached hydrogens (tertiary/aromatic N) is 2. The maximum atomic E-state index is 10.6. The summed E-state index contributed by atoms with van der Waals surface area (Å²) >= 11 is 1.38.